The maximum Gasteiger partial charge on any atom is 0.252 e. The molecule has 11 heteroatoms. The molecule has 0 fully saturated rings. The Hall–Kier alpha value is -4.38. The number of hydrogen-bond donors (Lipinski definition) is 4. The van der Waals surface area contributed by atoms with Gasteiger partial charge in [-0.1, -0.05) is 24.3 Å². The van der Waals surface area contributed by atoms with Gasteiger partial charge in [0.2, 0.25) is 17.7 Å². The minimum Gasteiger partial charge on any atom is -0.491 e. The molecule has 4 amide bonds. The summed E-state index contributed by atoms with van der Waals surface area (Å²) in [7, 11) is 1.91. The number of aliphatic hydroxyl groups excluding tert-OH is 1. The Morgan fingerprint density at radius 3 is 2.67 bits per heavy atom. The molecular formula is C29H35N5O6. The molecule has 4 N–H and O–H groups in total. The van der Waals surface area contributed by atoms with Crippen LogP contribution in [0.25, 0.3) is 10.9 Å². The molecule has 0 unspecified atom stereocenters. The minimum atomic E-state index is -1.23. The summed E-state index contributed by atoms with van der Waals surface area (Å²) in [6.07, 6.45) is 0.795. The van der Waals surface area contributed by atoms with Gasteiger partial charge in [-0.05, 0) is 43.2 Å². The van der Waals surface area contributed by atoms with E-state index in [2.05, 4.69) is 16.0 Å². The van der Waals surface area contributed by atoms with E-state index in [0.717, 1.165) is 22.0 Å². The molecule has 2 atom stereocenters. The van der Waals surface area contributed by atoms with Crippen LogP contribution in [0.2, 0.25) is 0 Å². The molecule has 1 aliphatic rings. The molecule has 1 aromatic heterocycles. The summed E-state index contributed by atoms with van der Waals surface area (Å²) < 4.78 is 7.73. The van der Waals surface area contributed by atoms with Crippen molar-refractivity contribution in [1.82, 2.24) is 25.4 Å². The number of benzene rings is 2. The fourth-order valence-electron chi connectivity index (χ4n) is 4.66. The first-order valence-electron chi connectivity index (χ1n) is 13.2. The molecule has 0 saturated heterocycles. The fraction of sp³-hybridized carbons (Fsp3) is 0.379. The van der Waals surface area contributed by atoms with E-state index >= 15 is 0 Å². The van der Waals surface area contributed by atoms with Crippen LogP contribution >= 0.6 is 0 Å². The standard InChI is InChI=1S/C29H35N5O6/c1-18-8-9-20-14-24(18)40-13-11-30-25(36)17-34(12-10-31-29(39)27(19(2)35)32-28(20)38)26(37)15-21-16-33(3)23-7-5-4-6-22(21)23/h4-9,14,16,19,27,35H,10-13,15,17H2,1-3H3,(H,30,36)(H,31,39)(H,32,38)/t19-,27+/m1/s1. The van der Waals surface area contributed by atoms with Gasteiger partial charge in [-0.3, -0.25) is 19.2 Å². The predicted molar refractivity (Wildman–Crippen MR) is 149 cm³/mol. The lowest BCUT2D eigenvalue weighted by atomic mass is 10.1. The van der Waals surface area contributed by atoms with Crippen molar-refractivity contribution in [2.75, 3.05) is 32.8 Å². The summed E-state index contributed by atoms with van der Waals surface area (Å²) in [5, 5.41) is 19.2. The van der Waals surface area contributed by atoms with Crippen LogP contribution < -0.4 is 20.7 Å². The van der Waals surface area contributed by atoms with Gasteiger partial charge in [0.1, 0.15) is 18.4 Å². The number of hydrogen-bond acceptors (Lipinski definition) is 6. The van der Waals surface area contributed by atoms with Crippen molar-refractivity contribution in [2.45, 2.75) is 32.4 Å². The van der Waals surface area contributed by atoms with Gasteiger partial charge in [0.05, 0.1) is 25.6 Å². The molecular weight excluding hydrogens is 514 g/mol. The zero-order valence-corrected chi connectivity index (χ0v) is 22.9. The summed E-state index contributed by atoms with van der Waals surface area (Å²) in [4.78, 5) is 53.3. The molecule has 2 bridgehead atoms. The molecule has 3 aromatic rings. The summed E-state index contributed by atoms with van der Waals surface area (Å²) >= 11 is 0. The van der Waals surface area contributed by atoms with Crippen LogP contribution in [-0.2, 0) is 27.9 Å². The van der Waals surface area contributed by atoms with Gasteiger partial charge in [0, 0.05) is 42.8 Å². The van der Waals surface area contributed by atoms with E-state index in [0.29, 0.717) is 5.75 Å². The van der Waals surface area contributed by atoms with Crippen molar-refractivity contribution in [1.29, 1.82) is 0 Å². The maximum absolute atomic E-state index is 13.4. The van der Waals surface area contributed by atoms with E-state index in [1.54, 1.807) is 18.2 Å². The van der Waals surface area contributed by atoms with Crippen LogP contribution in [-0.4, -0.2) is 83.1 Å². The van der Waals surface area contributed by atoms with Crippen molar-refractivity contribution in [2.24, 2.45) is 7.05 Å². The minimum absolute atomic E-state index is 0.0181. The number of nitrogens with zero attached hydrogens (tertiary/aromatic N) is 2. The number of ether oxygens (including phenoxy) is 1. The van der Waals surface area contributed by atoms with Gasteiger partial charge in [-0.15, -0.1) is 0 Å². The number of para-hydroxylation sites is 1. The molecule has 0 spiro atoms. The van der Waals surface area contributed by atoms with Gasteiger partial charge in [-0.2, -0.15) is 0 Å². The largest absolute Gasteiger partial charge is 0.491 e. The first-order valence-corrected chi connectivity index (χ1v) is 13.2. The number of carbonyl (C=O) groups is 4. The third-order valence-corrected chi connectivity index (χ3v) is 6.87. The molecule has 2 heterocycles. The quantitative estimate of drug-likeness (QED) is 0.378. The smallest absolute Gasteiger partial charge is 0.252 e. The number of nitrogens with one attached hydrogen (secondary N) is 3. The number of aliphatic hydroxyl groups is 1. The normalized spacial score (nSPS) is 18.2. The molecule has 0 aliphatic carbocycles. The number of rotatable bonds is 3. The van der Waals surface area contributed by atoms with Gasteiger partial charge in [0.15, 0.2) is 0 Å². The van der Waals surface area contributed by atoms with Crippen molar-refractivity contribution < 1.29 is 29.0 Å². The van der Waals surface area contributed by atoms with Crippen molar-refractivity contribution >= 4 is 34.5 Å². The van der Waals surface area contributed by atoms with Crippen LogP contribution in [0, 0.1) is 6.92 Å². The molecule has 1 aliphatic heterocycles. The van der Waals surface area contributed by atoms with Gasteiger partial charge >= 0.3 is 0 Å². The van der Waals surface area contributed by atoms with E-state index in [1.165, 1.54) is 11.8 Å². The van der Waals surface area contributed by atoms with Gasteiger partial charge < -0.3 is 35.3 Å². The molecule has 0 radical (unpaired) electrons. The second-order valence-electron chi connectivity index (χ2n) is 9.94. The van der Waals surface area contributed by atoms with Crippen molar-refractivity contribution in [3.63, 3.8) is 0 Å². The average Bonchev–Trinajstić information content (AvgIpc) is 3.24. The summed E-state index contributed by atoms with van der Waals surface area (Å²) in [5.74, 6) is -1.34. The highest BCUT2D eigenvalue weighted by Gasteiger charge is 2.27. The summed E-state index contributed by atoms with van der Waals surface area (Å²) in [6, 6.07) is 11.4. The lowest BCUT2D eigenvalue weighted by Crippen LogP contribution is -2.53. The highest BCUT2D eigenvalue weighted by Crippen LogP contribution is 2.22. The Morgan fingerprint density at radius 2 is 1.90 bits per heavy atom. The van der Waals surface area contributed by atoms with Gasteiger partial charge in [-0.25, -0.2) is 0 Å². The summed E-state index contributed by atoms with van der Waals surface area (Å²) in [6.45, 7) is 3.44. The second kappa shape index (κ2) is 12.6. The van der Waals surface area contributed by atoms with E-state index < -0.39 is 24.0 Å². The second-order valence-corrected chi connectivity index (χ2v) is 9.94. The number of aryl methyl sites for hydroxylation is 2. The highest BCUT2D eigenvalue weighted by molar-refractivity contribution is 5.98. The van der Waals surface area contributed by atoms with Crippen molar-refractivity contribution in [3.8, 4) is 5.75 Å². The van der Waals surface area contributed by atoms with Gasteiger partial charge in [0.25, 0.3) is 5.91 Å². The Kier molecular flexibility index (Phi) is 9.05. The molecule has 40 heavy (non-hydrogen) atoms. The molecule has 4 rings (SSSR count). The van der Waals surface area contributed by atoms with Crippen LogP contribution in [0.5, 0.6) is 5.75 Å². The fourth-order valence-corrected chi connectivity index (χ4v) is 4.66. The Morgan fingerprint density at radius 1 is 1.12 bits per heavy atom. The SMILES string of the molecule is Cc1ccc2cc1OCCNC(=O)CN(C(=O)Cc1cn(C)c3ccccc13)CCNC(=O)[C@H]([C@@H](C)O)NC2=O. The topological polar surface area (TPSA) is 142 Å². The van der Waals surface area contributed by atoms with Crippen LogP contribution in [0.3, 0.4) is 0 Å². The van der Waals surface area contributed by atoms with Crippen LogP contribution in [0.4, 0.5) is 0 Å². The summed E-state index contributed by atoms with van der Waals surface area (Å²) in [5.41, 5.74) is 2.87. The number of carbonyl (C=O) groups excluding carboxylic acids is 4. The zero-order chi connectivity index (χ0) is 28.8. The number of aromatic nitrogens is 1. The van der Waals surface area contributed by atoms with E-state index in [9.17, 15) is 24.3 Å². The molecule has 212 valence electrons. The number of fused-ring (bicyclic) bond motifs is 3. The lowest BCUT2D eigenvalue weighted by molar-refractivity contribution is -0.135. The average molecular weight is 550 g/mol. The van der Waals surface area contributed by atoms with Crippen LogP contribution in [0.1, 0.15) is 28.4 Å². The van der Waals surface area contributed by atoms with E-state index in [4.69, 9.17) is 4.74 Å². The maximum atomic E-state index is 13.4. The predicted octanol–water partition coefficient (Wildman–Crippen LogP) is 0.662. The van der Waals surface area contributed by atoms with Crippen molar-refractivity contribution in [3.05, 3.63) is 65.4 Å². The number of amides is 4. The first kappa shape index (κ1) is 28.6. The Balaban J connectivity index is 1.53. The van der Waals surface area contributed by atoms with E-state index in [-0.39, 0.29) is 56.6 Å². The molecule has 11 nitrogen and oxygen atoms in total. The third kappa shape index (κ3) is 6.78. The van der Waals surface area contributed by atoms with E-state index in [1.807, 2.05) is 49.0 Å². The van der Waals surface area contributed by atoms with Crippen LogP contribution in [0.15, 0.2) is 48.7 Å². The lowest BCUT2D eigenvalue weighted by Gasteiger charge is -2.24. The Bertz CT molecular complexity index is 1420. The first-order chi connectivity index (χ1) is 19.1. The molecule has 0 saturated carbocycles. The monoisotopic (exact) mass is 549 g/mol. The third-order valence-electron chi connectivity index (χ3n) is 6.87. The Labute approximate surface area is 232 Å². The zero-order valence-electron chi connectivity index (χ0n) is 22.9. The molecule has 2 aromatic carbocycles. The highest BCUT2D eigenvalue weighted by atomic mass is 16.5.